The van der Waals surface area contributed by atoms with Gasteiger partial charge in [-0.1, -0.05) is 84.3 Å². The molecule has 1 heterocycles. The largest absolute Gasteiger partial charge is 0.504 e. The van der Waals surface area contributed by atoms with Gasteiger partial charge in [0.1, 0.15) is 5.75 Å². The SMILES string of the molecule is CCC(Oc1ccc(C(C)(C)CC)cc1C(C)(C)CC)C(=O)Nc1cnc(NC(=O)c2ccccc2Cl)c(O)c1. The number of anilines is 2. The zero-order valence-electron chi connectivity index (χ0n) is 24.4. The van der Waals surface area contributed by atoms with Gasteiger partial charge in [0.25, 0.3) is 11.8 Å². The molecule has 3 aromatic rings. The van der Waals surface area contributed by atoms with E-state index in [9.17, 15) is 14.7 Å². The fourth-order valence-corrected chi connectivity index (χ4v) is 4.34. The summed E-state index contributed by atoms with van der Waals surface area (Å²) in [5.41, 5.74) is 2.70. The van der Waals surface area contributed by atoms with E-state index < -0.39 is 12.0 Å². The van der Waals surface area contributed by atoms with Gasteiger partial charge in [0.15, 0.2) is 17.7 Å². The molecule has 3 N–H and O–H groups in total. The molecule has 2 amide bonds. The smallest absolute Gasteiger partial charge is 0.265 e. The lowest BCUT2D eigenvalue weighted by atomic mass is 9.76. The first kappa shape index (κ1) is 31.0. The number of aromatic hydroxyl groups is 1. The second-order valence-electron chi connectivity index (χ2n) is 11.2. The van der Waals surface area contributed by atoms with Crippen LogP contribution in [-0.2, 0) is 15.6 Å². The van der Waals surface area contributed by atoms with Gasteiger partial charge in [0, 0.05) is 11.6 Å². The van der Waals surface area contributed by atoms with Gasteiger partial charge < -0.3 is 20.5 Å². The van der Waals surface area contributed by atoms with Crippen molar-refractivity contribution in [2.24, 2.45) is 0 Å². The number of nitrogens with zero attached hydrogens (tertiary/aromatic N) is 1. The Morgan fingerprint density at radius 2 is 1.65 bits per heavy atom. The van der Waals surface area contributed by atoms with Crippen LogP contribution in [0.4, 0.5) is 11.5 Å². The van der Waals surface area contributed by atoms with E-state index in [4.69, 9.17) is 16.3 Å². The first-order chi connectivity index (χ1) is 18.8. The highest BCUT2D eigenvalue weighted by atomic mass is 35.5. The van der Waals surface area contributed by atoms with E-state index >= 15 is 0 Å². The number of nitrogens with one attached hydrogen (secondary N) is 2. The van der Waals surface area contributed by atoms with Crippen LogP contribution in [0, 0.1) is 0 Å². The van der Waals surface area contributed by atoms with Gasteiger partial charge in [-0.15, -0.1) is 0 Å². The maximum atomic E-state index is 13.2. The number of amides is 2. The van der Waals surface area contributed by atoms with Crippen molar-refractivity contribution < 1.29 is 19.4 Å². The molecule has 0 aliphatic rings. The summed E-state index contributed by atoms with van der Waals surface area (Å²) in [5, 5.41) is 16.1. The van der Waals surface area contributed by atoms with Gasteiger partial charge in [-0.05, 0) is 53.9 Å². The predicted molar refractivity (Wildman–Crippen MR) is 162 cm³/mol. The van der Waals surface area contributed by atoms with Crippen molar-refractivity contribution in [1.82, 2.24) is 4.98 Å². The maximum Gasteiger partial charge on any atom is 0.265 e. The van der Waals surface area contributed by atoms with Crippen LogP contribution in [0.25, 0.3) is 0 Å². The highest BCUT2D eigenvalue weighted by molar-refractivity contribution is 6.34. The molecule has 0 aliphatic heterocycles. The van der Waals surface area contributed by atoms with E-state index in [0.717, 1.165) is 18.4 Å². The zero-order valence-corrected chi connectivity index (χ0v) is 25.1. The second kappa shape index (κ2) is 12.7. The van der Waals surface area contributed by atoms with Crippen molar-refractivity contribution in [3.8, 4) is 11.5 Å². The van der Waals surface area contributed by atoms with Crippen molar-refractivity contribution in [1.29, 1.82) is 0 Å². The van der Waals surface area contributed by atoms with Gasteiger partial charge in [-0.2, -0.15) is 0 Å². The monoisotopic (exact) mass is 565 g/mol. The van der Waals surface area contributed by atoms with Gasteiger partial charge >= 0.3 is 0 Å². The lowest BCUT2D eigenvalue weighted by molar-refractivity contribution is -0.122. The normalized spacial score (nSPS) is 12.5. The third kappa shape index (κ3) is 7.13. The molecule has 0 aliphatic carbocycles. The van der Waals surface area contributed by atoms with Crippen molar-refractivity contribution in [2.45, 2.75) is 84.7 Å². The second-order valence-corrected chi connectivity index (χ2v) is 11.6. The number of carbonyl (C=O) groups is 2. The molecule has 0 spiro atoms. The third-order valence-corrected chi connectivity index (χ3v) is 8.01. The Hall–Kier alpha value is -3.58. The highest BCUT2D eigenvalue weighted by Crippen LogP contribution is 2.39. The fraction of sp³-hybridized carbons (Fsp3) is 0.406. The van der Waals surface area contributed by atoms with Crippen LogP contribution in [0.5, 0.6) is 11.5 Å². The lowest BCUT2D eigenvalue weighted by Crippen LogP contribution is -2.33. The summed E-state index contributed by atoms with van der Waals surface area (Å²) < 4.78 is 6.32. The Kier molecular flexibility index (Phi) is 9.85. The first-order valence-electron chi connectivity index (χ1n) is 13.7. The number of rotatable bonds is 11. The average molecular weight is 566 g/mol. The van der Waals surface area contributed by atoms with Crippen LogP contribution in [0.3, 0.4) is 0 Å². The highest BCUT2D eigenvalue weighted by Gasteiger charge is 2.29. The van der Waals surface area contributed by atoms with Crippen LogP contribution in [0.2, 0.25) is 5.02 Å². The van der Waals surface area contributed by atoms with Crippen LogP contribution >= 0.6 is 11.6 Å². The number of hydrogen-bond acceptors (Lipinski definition) is 5. The van der Waals surface area contributed by atoms with Crippen molar-refractivity contribution >= 4 is 34.9 Å². The van der Waals surface area contributed by atoms with Gasteiger partial charge in [-0.25, -0.2) is 4.98 Å². The Bertz CT molecular complexity index is 1370. The molecule has 40 heavy (non-hydrogen) atoms. The quantitative estimate of drug-likeness (QED) is 0.220. The van der Waals surface area contributed by atoms with Crippen LogP contribution in [0.1, 0.15) is 89.2 Å². The molecule has 1 atom stereocenters. The molecule has 214 valence electrons. The Balaban J connectivity index is 1.78. The average Bonchev–Trinajstić information content (AvgIpc) is 2.93. The number of carbonyl (C=O) groups excluding carboxylic acids is 2. The van der Waals surface area contributed by atoms with Crippen LogP contribution in [0.15, 0.2) is 54.7 Å². The van der Waals surface area contributed by atoms with E-state index in [1.807, 2.05) is 13.0 Å². The molecular formula is C32H40ClN3O4. The van der Waals surface area contributed by atoms with E-state index in [0.29, 0.717) is 12.2 Å². The molecule has 3 rings (SSSR count). The molecule has 1 unspecified atom stereocenters. The zero-order chi connectivity index (χ0) is 29.7. The first-order valence-corrected chi connectivity index (χ1v) is 14.1. The molecule has 1 aromatic heterocycles. The summed E-state index contributed by atoms with van der Waals surface area (Å²) in [6.07, 6.45) is 2.94. The van der Waals surface area contributed by atoms with Gasteiger partial charge in [-0.3, -0.25) is 9.59 Å². The number of halogens is 1. The molecular weight excluding hydrogens is 526 g/mol. The molecule has 0 bridgehead atoms. The molecule has 0 saturated heterocycles. The Morgan fingerprint density at radius 3 is 2.25 bits per heavy atom. The minimum absolute atomic E-state index is 0.0205. The summed E-state index contributed by atoms with van der Waals surface area (Å²) in [6.45, 7) is 15.0. The summed E-state index contributed by atoms with van der Waals surface area (Å²) in [5.74, 6) is -0.539. The van der Waals surface area contributed by atoms with Crippen molar-refractivity contribution in [3.05, 3.63) is 76.4 Å². The van der Waals surface area contributed by atoms with Gasteiger partial charge in [0.2, 0.25) is 0 Å². The molecule has 0 saturated carbocycles. The number of pyridine rings is 1. The van der Waals surface area contributed by atoms with Crippen LogP contribution in [-0.4, -0.2) is 28.0 Å². The molecule has 8 heteroatoms. The molecule has 0 fully saturated rings. The minimum Gasteiger partial charge on any atom is -0.504 e. The number of benzene rings is 2. The fourth-order valence-electron chi connectivity index (χ4n) is 4.11. The summed E-state index contributed by atoms with van der Waals surface area (Å²) in [6, 6.07) is 14.2. The standard InChI is InChI=1S/C32H40ClN3O4/c1-8-26(40-27-16-15-20(31(4,5)9-2)17-23(27)32(6,7)10-3)30(39)35-21-18-25(37)28(34-19-21)36-29(38)22-13-11-12-14-24(22)33/h11-19,26,37H,8-10H2,1-7H3,(H,35,39)(H,34,36,38). The molecule has 7 nitrogen and oxygen atoms in total. The Morgan fingerprint density at radius 1 is 0.975 bits per heavy atom. The summed E-state index contributed by atoms with van der Waals surface area (Å²) in [4.78, 5) is 29.9. The van der Waals surface area contributed by atoms with Crippen LogP contribution < -0.4 is 15.4 Å². The van der Waals surface area contributed by atoms with Crippen molar-refractivity contribution in [2.75, 3.05) is 10.6 Å². The summed E-state index contributed by atoms with van der Waals surface area (Å²) >= 11 is 6.08. The van der Waals surface area contributed by atoms with E-state index in [1.165, 1.54) is 17.8 Å². The number of ether oxygens (including phenoxy) is 1. The maximum absolute atomic E-state index is 13.2. The van der Waals surface area contributed by atoms with Gasteiger partial charge in [0.05, 0.1) is 22.5 Å². The van der Waals surface area contributed by atoms with E-state index in [1.54, 1.807) is 24.3 Å². The lowest BCUT2D eigenvalue weighted by Gasteiger charge is -2.31. The predicted octanol–water partition coefficient (Wildman–Crippen LogP) is 7.86. The van der Waals surface area contributed by atoms with Crippen molar-refractivity contribution in [3.63, 3.8) is 0 Å². The third-order valence-electron chi connectivity index (χ3n) is 7.68. The van der Waals surface area contributed by atoms with E-state index in [2.05, 4.69) is 69.3 Å². The summed E-state index contributed by atoms with van der Waals surface area (Å²) in [7, 11) is 0. The molecule has 0 radical (unpaired) electrons. The Labute approximate surface area is 242 Å². The number of hydrogen-bond donors (Lipinski definition) is 3. The molecule has 2 aromatic carbocycles. The number of aromatic nitrogens is 1. The van der Waals surface area contributed by atoms with E-state index in [-0.39, 0.29) is 44.6 Å². The minimum atomic E-state index is -0.766. The topological polar surface area (TPSA) is 101 Å².